The van der Waals surface area contributed by atoms with Crippen LogP contribution < -0.4 is 9.46 Å². The maximum Gasteiger partial charge on any atom is 0.328 e. The molecule has 1 aliphatic carbocycles. The molecule has 140 valence electrons. The van der Waals surface area contributed by atoms with Crippen molar-refractivity contribution in [3.63, 3.8) is 0 Å². The number of hydrogen-bond acceptors (Lipinski definition) is 4. The number of carboxylic acids is 1. The van der Waals surface area contributed by atoms with Gasteiger partial charge in [0, 0.05) is 35.6 Å². The van der Waals surface area contributed by atoms with E-state index < -0.39 is 16.0 Å². The van der Waals surface area contributed by atoms with E-state index in [2.05, 4.69) is 4.72 Å². The lowest BCUT2D eigenvalue weighted by atomic mass is 9.95. The zero-order chi connectivity index (χ0) is 19.0. The van der Waals surface area contributed by atoms with E-state index in [1.165, 1.54) is 6.08 Å². The fourth-order valence-corrected chi connectivity index (χ4v) is 5.17. The Balaban J connectivity index is 1.52. The highest BCUT2D eigenvalue weighted by Gasteiger charge is 2.44. The van der Waals surface area contributed by atoms with Crippen LogP contribution in [0.3, 0.4) is 0 Å². The van der Waals surface area contributed by atoms with Gasteiger partial charge in [-0.15, -0.1) is 0 Å². The number of fused-ring (bicyclic) bond motifs is 3. The first-order valence-electron chi connectivity index (χ1n) is 8.72. The molecule has 2 aliphatic rings. The van der Waals surface area contributed by atoms with Crippen LogP contribution in [0.25, 0.3) is 6.08 Å². The molecule has 4 rings (SSSR count). The van der Waals surface area contributed by atoms with Crippen molar-refractivity contribution in [3.8, 4) is 5.75 Å². The Morgan fingerprint density at radius 3 is 2.63 bits per heavy atom. The summed E-state index contributed by atoms with van der Waals surface area (Å²) in [7, 11) is -3.56. The molecular weight excluding hydrogens is 366 g/mol. The van der Waals surface area contributed by atoms with Gasteiger partial charge < -0.3 is 9.84 Å². The number of hydrogen-bond donors (Lipinski definition) is 2. The Morgan fingerprint density at radius 2 is 1.89 bits per heavy atom. The first-order valence-corrected chi connectivity index (χ1v) is 10.2. The summed E-state index contributed by atoms with van der Waals surface area (Å²) < 4.78 is 33.9. The van der Waals surface area contributed by atoms with Crippen LogP contribution in [-0.2, 0) is 14.8 Å². The molecule has 0 saturated heterocycles. The predicted molar refractivity (Wildman–Crippen MR) is 100 cm³/mol. The van der Waals surface area contributed by atoms with E-state index in [1.54, 1.807) is 30.3 Å². The maximum atomic E-state index is 12.5. The average molecular weight is 385 g/mol. The second kappa shape index (κ2) is 6.83. The normalized spacial score (nSPS) is 23.8. The van der Waals surface area contributed by atoms with Gasteiger partial charge in [0.1, 0.15) is 11.9 Å². The number of carboxylic acid groups (broad SMARTS) is 1. The number of para-hydroxylation sites is 1. The molecule has 27 heavy (non-hydrogen) atoms. The molecule has 1 saturated carbocycles. The molecule has 0 aromatic heterocycles. The van der Waals surface area contributed by atoms with Gasteiger partial charge in [-0.1, -0.05) is 36.4 Å². The van der Waals surface area contributed by atoms with Crippen LogP contribution in [0.5, 0.6) is 5.75 Å². The molecule has 2 aromatic rings. The standard InChI is InChI=1S/C20H19NO5S/c22-19(23)10-9-13-5-4-8-16-17-11-14(12-18(17)26-20(13)16)21-27(24,25)15-6-2-1-3-7-15/h1-10,14,17-18,21H,11-12H2,(H,22,23). The molecule has 1 fully saturated rings. The van der Waals surface area contributed by atoms with Gasteiger partial charge in [0.05, 0.1) is 4.90 Å². The molecule has 7 heteroatoms. The molecule has 6 nitrogen and oxygen atoms in total. The van der Waals surface area contributed by atoms with Crippen molar-refractivity contribution in [2.45, 2.75) is 35.8 Å². The Morgan fingerprint density at radius 1 is 1.11 bits per heavy atom. The van der Waals surface area contributed by atoms with Crippen LogP contribution in [0, 0.1) is 0 Å². The van der Waals surface area contributed by atoms with Crippen LogP contribution in [-0.4, -0.2) is 31.6 Å². The summed E-state index contributed by atoms with van der Waals surface area (Å²) in [6.45, 7) is 0. The number of aliphatic carboxylic acids is 1. The highest BCUT2D eigenvalue weighted by molar-refractivity contribution is 7.89. The van der Waals surface area contributed by atoms with Crippen molar-refractivity contribution < 1.29 is 23.1 Å². The summed E-state index contributed by atoms with van der Waals surface area (Å²) >= 11 is 0. The fraction of sp³-hybridized carbons (Fsp3) is 0.250. The Kier molecular flexibility index (Phi) is 4.49. The molecular formula is C20H19NO5S. The van der Waals surface area contributed by atoms with Crippen molar-refractivity contribution in [2.24, 2.45) is 0 Å². The van der Waals surface area contributed by atoms with E-state index >= 15 is 0 Å². The number of carbonyl (C=O) groups is 1. The zero-order valence-electron chi connectivity index (χ0n) is 14.4. The van der Waals surface area contributed by atoms with E-state index in [0.717, 1.165) is 17.2 Å². The van der Waals surface area contributed by atoms with Crippen molar-refractivity contribution in [3.05, 3.63) is 65.7 Å². The van der Waals surface area contributed by atoms with Crippen LogP contribution in [0.15, 0.2) is 59.5 Å². The number of rotatable bonds is 5. The summed E-state index contributed by atoms with van der Waals surface area (Å²) in [5, 5.41) is 8.83. The van der Waals surface area contributed by atoms with Gasteiger partial charge in [-0.25, -0.2) is 17.9 Å². The van der Waals surface area contributed by atoms with Gasteiger partial charge in [0.25, 0.3) is 0 Å². The molecule has 3 unspecified atom stereocenters. The van der Waals surface area contributed by atoms with Crippen molar-refractivity contribution >= 4 is 22.1 Å². The van der Waals surface area contributed by atoms with Crippen molar-refractivity contribution in [1.82, 2.24) is 4.72 Å². The van der Waals surface area contributed by atoms with Gasteiger partial charge in [-0.2, -0.15) is 0 Å². The van der Waals surface area contributed by atoms with E-state index in [1.807, 2.05) is 18.2 Å². The number of ether oxygens (including phenoxy) is 1. The first-order chi connectivity index (χ1) is 12.9. The van der Waals surface area contributed by atoms with Gasteiger partial charge in [-0.3, -0.25) is 0 Å². The molecule has 2 N–H and O–H groups in total. The zero-order valence-corrected chi connectivity index (χ0v) is 15.2. The van der Waals surface area contributed by atoms with Gasteiger partial charge in [0.2, 0.25) is 10.0 Å². The Labute approximate surface area is 157 Å². The summed E-state index contributed by atoms with van der Waals surface area (Å²) in [6.07, 6.45) is 3.73. The minimum absolute atomic E-state index is 0.0988. The summed E-state index contributed by atoms with van der Waals surface area (Å²) in [5.74, 6) is -0.211. The monoisotopic (exact) mass is 385 g/mol. The van der Waals surface area contributed by atoms with E-state index in [9.17, 15) is 13.2 Å². The maximum absolute atomic E-state index is 12.5. The molecule has 0 spiro atoms. The molecule has 1 heterocycles. The van der Waals surface area contributed by atoms with Gasteiger partial charge >= 0.3 is 5.97 Å². The molecule has 2 aromatic carbocycles. The lowest BCUT2D eigenvalue weighted by Crippen LogP contribution is -2.33. The van der Waals surface area contributed by atoms with Crippen LogP contribution in [0.1, 0.15) is 29.9 Å². The van der Waals surface area contributed by atoms with Crippen LogP contribution >= 0.6 is 0 Å². The number of nitrogens with one attached hydrogen (secondary N) is 1. The van der Waals surface area contributed by atoms with Crippen molar-refractivity contribution in [1.29, 1.82) is 0 Å². The van der Waals surface area contributed by atoms with E-state index in [0.29, 0.717) is 18.6 Å². The van der Waals surface area contributed by atoms with Crippen LogP contribution in [0.4, 0.5) is 0 Å². The summed E-state index contributed by atoms with van der Waals surface area (Å²) in [4.78, 5) is 11.0. The summed E-state index contributed by atoms with van der Waals surface area (Å²) in [6, 6.07) is 13.8. The second-order valence-corrected chi connectivity index (χ2v) is 8.52. The average Bonchev–Trinajstić information content (AvgIpc) is 3.17. The quantitative estimate of drug-likeness (QED) is 0.772. The molecule has 0 bridgehead atoms. The lowest BCUT2D eigenvalue weighted by molar-refractivity contribution is -0.131. The first kappa shape index (κ1) is 17.8. The third-order valence-electron chi connectivity index (χ3n) is 5.03. The largest absolute Gasteiger partial charge is 0.489 e. The van der Waals surface area contributed by atoms with E-state index in [4.69, 9.17) is 9.84 Å². The van der Waals surface area contributed by atoms with Gasteiger partial charge in [0.15, 0.2) is 0 Å². The topological polar surface area (TPSA) is 92.7 Å². The SMILES string of the molecule is O=C(O)C=Cc1cccc2c1OC1CC(NS(=O)(=O)c3ccccc3)CC21. The fourth-order valence-electron chi connectivity index (χ4n) is 3.89. The second-order valence-electron chi connectivity index (χ2n) is 6.80. The smallest absolute Gasteiger partial charge is 0.328 e. The Bertz CT molecular complexity index is 1000. The highest BCUT2D eigenvalue weighted by Crippen LogP contribution is 2.48. The third-order valence-corrected chi connectivity index (χ3v) is 6.57. The number of benzene rings is 2. The minimum atomic E-state index is -3.56. The predicted octanol–water partition coefficient (Wildman–Crippen LogP) is 2.77. The lowest BCUT2D eigenvalue weighted by Gasteiger charge is -2.15. The molecule has 0 radical (unpaired) electrons. The number of sulfonamides is 1. The Hall–Kier alpha value is -2.64. The van der Waals surface area contributed by atoms with Crippen LogP contribution in [0.2, 0.25) is 0 Å². The van der Waals surface area contributed by atoms with Crippen molar-refractivity contribution in [2.75, 3.05) is 0 Å². The third kappa shape index (κ3) is 3.48. The molecule has 0 amide bonds. The van der Waals surface area contributed by atoms with E-state index in [-0.39, 0.29) is 23.0 Å². The molecule has 1 aliphatic heterocycles. The highest BCUT2D eigenvalue weighted by atomic mass is 32.2. The summed E-state index contributed by atoms with van der Waals surface area (Å²) in [5.41, 5.74) is 1.74. The van der Waals surface area contributed by atoms with Gasteiger partial charge in [-0.05, 0) is 24.6 Å². The minimum Gasteiger partial charge on any atom is -0.489 e. The molecule has 3 atom stereocenters.